The highest BCUT2D eigenvalue weighted by atomic mass is 35.5. The van der Waals surface area contributed by atoms with Crippen LogP contribution in [0.15, 0.2) is 78.4 Å². The van der Waals surface area contributed by atoms with E-state index in [-0.39, 0.29) is 5.75 Å². The third kappa shape index (κ3) is 7.30. The number of fused-ring (bicyclic) bond motifs is 1. The number of nitrogens with one attached hydrogen (secondary N) is 2. The molecule has 0 amide bonds. The summed E-state index contributed by atoms with van der Waals surface area (Å²) in [7, 11) is -2.99. The Morgan fingerprint density at radius 2 is 1.87 bits per heavy atom. The van der Waals surface area contributed by atoms with Crippen LogP contribution in [0, 0.1) is 0 Å². The number of hydrogen-bond donors (Lipinski definition) is 2. The molecule has 5 rings (SSSR count). The van der Waals surface area contributed by atoms with Crippen LogP contribution in [0.4, 0.5) is 11.5 Å². The Bertz CT molecular complexity index is 1690. The summed E-state index contributed by atoms with van der Waals surface area (Å²) in [4.78, 5) is 13.6. The van der Waals surface area contributed by atoms with Crippen molar-refractivity contribution in [1.82, 2.24) is 20.3 Å². The van der Waals surface area contributed by atoms with Crippen molar-refractivity contribution in [2.24, 2.45) is 0 Å². The fraction of sp³-hybridized carbons (Fsp3) is 0.179. The Labute approximate surface area is 236 Å². The Morgan fingerprint density at radius 3 is 2.67 bits per heavy atom. The Kier molecular flexibility index (Phi) is 8.37. The third-order valence-corrected chi connectivity index (χ3v) is 7.93. The number of sulfone groups is 1. The van der Waals surface area contributed by atoms with Crippen molar-refractivity contribution in [1.29, 1.82) is 0 Å². The molecule has 0 saturated carbocycles. The molecule has 200 valence electrons. The van der Waals surface area contributed by atoms with Gasteiger partial charge in [-0.15, -0.1) is 11.3 Å². The van der Waals surface area contributed by atoms with E-state index in [0.29, 0.717) is 36.3 Å². The fourth-order valence-electron chi connectivity index (χ4n) is 3.86. The molecule has 39 heavy (non-hydrogen) atoms. The van der Waals surface area contributed by atoms with Crippen molar-refractivity contribution in [3.63, 3.8) is 0 Å². The summed E-state index contributed by atoms with van der Waals surface area (Å²) < 4.78 is 28.5. The van der Waals surface area contributed by atoms with Crippen molar-refractivity contribution < 1.29 is 13.2 Å². The highest BCUT2D eigenvalue weighted by Gasteiger charge is 2.11. The zero-order valence-corrected chi connectivity index (χ0v) is 23.5. The van der Waals surface area contributed by atoms with E-state index in [0.717, 1.165) is 38.4 Å². The minimum absolute atomic E-state index is 0.0976. The van der Waals surface area contributed by atoms with Gasteiger partial charge in [0.15, 0.2) is 0 Å². The summed E-state index contributed by atoms with van der Waals surface area (Å²) in [5, 5.41) is 10.7. The summed E-state index contributed by atoms with van der Waals surface area (Å²) in [6.45, 7) is 1.33. The maximum absolute atomic E-state index is 11.3. The van der Waals surface area contributed by atoms with Gasteiger partial charge in [0.05, 0.1) is 22.0 Å². The normalized spacial score (nSPS) is 11.5. The number of benzene rings is 3. The van der Waals surface area contributed by atoms with E-state index in [1.165, 1.54) is 23.9 Å². The highest BCUT2D eigenvalue weighted by Crippen LogP contribution is 2.32. The summed E-state index contributed by atoms with van der Waals surface area (Å²) >= 11 is 8.04. The quantitative estimate of drug-likeness (QED) is 0.187. The van der Waals surface area contributed by atoms with Crippen LogP contribution in [0.2, 0.25) is 5.02 Å². The number of nitrogens with zero attached hydrogens (tertiary/aromatic N) is 3. The number of thiazole rings is 1. The van der Waals surface area contributed by atoms with Gasteiger partial charge in [0, 0.05) is 41.4 Å². The van der Waals surface area contributed by atoms with Gasteiger partial charge in [-0.3, -0.25) is 0 Å². The van der Waals surface area contributed by atoms with E-state index in [1.54, 1.807) is 0 Å². The molecule has 0 radical (unpaired) electrons. The lowest BCUT2D eigenvalue weighted by Gasteiger charge is -2.12. The van der Waals surface area contributed by atoms with Gasteiger partial charge in [0.25, 0.3) is 0 Å². The number of aromatic nitrogens is 3. The first kappa shape index (κ1) is 27.0. The minimum Gasteiger partial charge on any atom is -0.487 e. The van der Waals surface area contributed by atoms with Gasteiger partial charge >= 0.3 is 0 Å². The van der Waals surface area contributed by atoms with Gasteiger partial charge in [-0.2, -0.15) is 0 Å². The first-order chi connectivity index (χ1) is 18.8. The van der Waals surface area contributed by atoms with E-state index >= 15 is 0 Å². The van der Waals surface area contributed by atoms with Crippen LogP contribution >= 0.6 is 22.9 Å². The second kappa shape index (κ2) is 12.1. The first-order valence-corrected chi connectivity index (χ1v) is 15.5. The van der Waals surface area contributed by atoms with E-state index in [9.17, 15) is 8.42 Å². The topological polar surface area (TPSA) is 106 Å². The lowest BCUT2D eigenvalue weighted by atomic mass is 10.1. The van der Waals surface area contributed by atoms with Crippen LogP contribution in [0.1, 0.15) is 10.6 Å². The number of rotatable bonds is 11. The molecule has 0 saturated heterocycles. The maximum Gasteiger partial charge on any atom is 0.148 e. The largest absolute Gasteiger partial charge is 0.487 e. The van der Waals surface area contributed by atoms with Gasteiger partial charge < -0.3 is 15.4 Å². The van der Waals surface area contributed by atoms with E-state index in [1.807, 2.05) is 72.1 Å². The Morgan fingerprint density at radius 1 is 1.03 bits per heavy atom. The van der Waals surface area contributed by atoms with Crippen LogP contribution in [0.5, 0.6) is 5.75 Å². The first-order valence-electron chi connectivity index (χ1n) is 12.2. The van der Waals surface area contributed by atoms with Gasteiger partial charge in [-0.05, 0) is 35.9 Å². The van der Waals surface area contributed by atoms with Crippen LogP contribution in [-0.2, 0) is 23.0 Å². The highest BCUT2D eigenvalue weighted by molar-refractivity contribution is 7.90. The fourth-order valence-corrected chi connectivity index (χ4v) is 5.38. The average Bonchev–Trinajstić information content (AvgIpc) is 3.40. The molecule has 0 unspecified atom stereocenters. The third-order valence-electron chi connectivity index (χ3n) is 5.84. The molecular weight excluding hydrogens is 554 g/mol. The molecule has 2 heterocycles. The second-order valence-electron chi connectivity index (χ2n) is 8.93. The van der Waals surface area contributed by atoms with Crippen molar-refractivity contribution in [2.75, 3.05) is 23.9 Å². The molecule has 0 fully saturated rings. The maximum atomic E-state index is 11.3. The SMILES string of the molecule is CS(=O)(=O)CCNCc1nc(-c2ccc3ncnc(Nc4ccc(OCc5ccccc5)c(Cl)c4)c3c2)cs1. The smallest absolute Gasteiger partial charge is 0.148 e. The molecule has 0 aliphatic carbocycles. The molecule has 0 bridgehead atoms. The zero-order valence-electron chi connectivity index (χ0n) is 21.1. The minimum atomic E-state index is -2.99. The van der Waals surface area contributed by atoms with Crippen LogP contribution in [0.3, 0.4) is 0 Å². The van der Waals surface area contributed by atoms with Crippen molar-refractivity contribution >= 4 is 55.2 Å². The van der Waals surface area contributed by atoms with Gasteiger partial charge in [0.1, 0.15) is 39.3 Å². The number of ether oxygens (including phenoxy) is 1. The van der Waals surface area contributed by atoms with E-state index in [2.05, 4.69) is 20.6 Å². The molecule has 0 atom stereocenters. The summed E-state index contributed by atoms with van der Waals surface area (Å²) in [5.41, 5.74) is 4.40. The molecule has 2 N–H and O–H groups in total. The zero-order chi connectivity index (χ0) is 27.2. The van der Waals surface area contributed by atoms with Gasteiger partial charge in [-0.25, -0.2) is 23.4 Å². The average molecular weight is 580 g/mol. The Hall–Kier alpha value is -3.57. The number of halogens is 1. The van der Waals surface area contributed by atoms with Crippen molar-refractivity contribution in [2.45, 2.75) is 13.2 Å². The summed E-state index contributed by atoms with van der Waals surface area (Å²) in [6.07, 6.45) is 2.75. The van der Waals surface area contributed by atoms with Crippen LogP contribution < -0.4 is 15.4 Å². The second-order valence-corrected chi connectivity index (χ2v) is 12.5. The van der Waals surface area contributed by atoms with Crippen molar-refractivity contribution in [3.05, 3.63) is 94.0 Å². The van der Waals surface area contributed by atoms with Crippen LogP contribution in [0.25, 0.3) is 22.2 Å². The standard InChI is InChI=1S/C28H26ClN5O3S2/c1-39(35,36)12-11-30-15-27-34-25(17-38-27)20-7-9-24-22(13-20)28(32-18-31-24)33-21-8-10-26(23(29)14-21)37-16-19-5-3-2-4-6-19/h2-10,13-14,17-18,30H,11-12,15-16H2,1H3,(H,31,32,33). The molecule has 8 nitrogen and oxygen atoms in total. The molecule has 5 aromatic rings. The van der Waals surface area contributed by atoms with E-state index < -0.39 is 9.84 Å². The van der Waals surface area contributed by atoms with Crippen LogP contribution in [-0.4, -0.2) is 41.9 Å². The molecule has 0 aliphatic heterocycles. The lowest BCUT2D eigenvalue weighted by molar-refractivity contribution is 0.306. The monoisotopic (exact) mass is 579 g/mol. The van der Waals surface area contributed by atoms with Crippen molar-refractivity contribution in [3.8, 4) is 17.0 Å². The molecule has 2 aromatic heterocycles. The molecule has 11 heteroatoms. The number of hydrogen-bond acceptors (Lipinski definition) is 9. The van der Waals surface area contributed by atoms with Gasteiger partial charge in [0.2, 0.25) is 0 Å². The lowest BCUT2D eigenvalue weighted by Crippen LogP contribution is -2.21. The molecule has 0 spiro atoms. The number of anilines is 2. The molecular formula is C28H26ClN5O3S2. The molecule has 3 aromatic carbocycles. The molecule has 0 aliphatic rings. The predicted octanol–water partition coefficient (Wildman–Crippen LogP) is 5.86. The Balaban J connectivity index is 1.30. The predicted molar refractivity (Wildman–Crippen MR) is 158 cm³/mol. The van der Waals surface area contributed by atoms with Gasteiger partial charge in [-0.1, -0.05) is 48.0 Å². The summed E-state index contributed by atoms with van der Waals surface area (Å²) in [6, 6.07) is 21.4. The summed E-state index contributed by atoms with van der Waals surface area (Å²) in [5.74, 6) is 1.35. The van der Waals surface area contributed by atoms with E-state index in [4.69, 9.17) is 21.3 Å².